The molecule has 1 N–H and O–H groups in total. The average Bonchev–Trinajstić information content (AvgIpc) is 3.12. The van der Waals surface area contributed by atoms with Gasteiger partial charge in [0.05, 0.1) is 6.20 Å². The van der Waals surface area contributed by atoms with E-state index < -0.39 is 5.91 Å². The second-order valence-corrected chi connectivity index (χ2v) is 5.41. The van der Waals surface area contributed by atoms with Gasteiger partial charge in [0, 0.05) is 18.4 Å². The van der Waals surface area contributed by atoms with Crippen LogP contribution >= 0.6 is 0 Å². The summed E-state index contributed by atoms with van der Waals surface area (Å²) in [5.41, 5.74) is 1.69. The summed E-state index contributed by atoms with van der Waals surface area (Å²) in [5.74, 6) is -0.231. The number of nitrogens with zero attached hydrogens (tertiary/aromatic N) is 4. The molecule has 122 valence electrons. The zero-order chi connectivity index (χ0) is 16.8. The van der Waals surface area contributed by atoms with Crippen molar-refractivity contribution in [3.05, 3.63) is 60.4 Å². The molecule has 24 heavy (non-hydrogen) atoms. The summed E-state index contributed by atoms with van der Waals surface area (Å²) >= 11 is 0. The predicted octanol–water partition coefficient (Wildman–Crippen LogP) is 2.28. The summed E-state index contributed by atoms with van der Waals surface area (Å²) in [6.07, 6.45) is 6.29. The maximum atomic E-state index is 12.2. The van der Waals surface area contributed by atoms with Crippen molar-refractivity contribution < 1.29 is 9.32 Å². The zero-order valence-corrected chi connectivity index (χ0v) is 13.2. The molecule has 1 atom stereocenters. The van der Waals surface area contributed by atoms with E-state index in [0.29, 0.717) is 5.69 Å². The Morgan fingerprint density at radius 1 is 1.25 bits per heavy atom. The van der Waals surface area contributed by atoms with Gasteiger partial charge in [-0.05, 0) is 25.3 Å². The maximum Gasteiger partial charge on any atom is 0.316 e. The van der Waals surface area contributed by atoms with Crippen LogP contribution in [0, 0.1) is 0 Å². The lowest BCUT2D eigenvalue weighted by Crippen LogP contribution is -2.33. The minimum absolute atomic E-state index is 0.00965. The molecule has 1 aromatic carbocycles. The number of carbonyl (C=O) groups excluding carboxylic acids is 1. The van der Waals surface area contributed by atoms with Crippen LogP contribution in [0.4, 0.5) is 0 Å². The Morgan fingerprint density at radius 2 is 2.08 bits per heavy atom. The van der Waals surface area contributed by atoms with Crippen LogP contribution in [0.3, 0.4) is 0 Å². The Labute approximate surface area is 139 Å². The van der Waals surface area contributed by atoms with Crippen LogP contribution < -0.4 is 5.32 Å². The molecule has 0 radical (unpaired) electrons. The van der Waals surface area contributed by atoms with E-state index in [4.69, 9.17) is 4.52 Å². The summed E-state index contributed by atoms with van der Waals surface area (Å²) < 4.78 is 5.00. The van der Waals surface area contributed by atoms with E-state index in [1.165, 1.54) is 18.0 Å². The molecule has 1 unspecified atom stereocenters. The molecule has 0 aliphatic carbocycles. The molecule has 0 saturated carbocycles. The Hall–Kier alpha value is -3.09. The maximum absolute atomic E-state index is 12.2. The molecule has 3 aromatic rings. The molecule has 0 saturated heterocycles. The number of hydrogen-bond acceptors (Lipinski definition) is 6. The fraction of sp³-hybridized carbons (Fsp3) is 0.235. The van der Waals surface area contributed by atoms with Crippen molar-refractivity contribution in [3.8, 4) is 11.5 Å². The van der Waals surface area contributed by atoms with E-state index in [0.717, 1.165) is 12.8 Å². The van der Waals surface area contributed by atoms with Gasteiger partial charge in [0.15, 0.2) is 0 Å². The molecule has 0 spiro atoms. The molecular formula is C17H17N5O2. The SMILES string of the molecule is CC(CCc1ccccc1)NC(=O)c1nc(-c2cnccn2)no1. The van der Waals surface area contributed by atoms with Gasteiger partial charge < -0.3 is 9.84 Å². The third-order valence-electron chi connectivity index (χ3n) is 3.50. The molecule has 3 rings (SSSR count). The van der Waals surface area contributed by atoms with Crippen molar-refractivity contribution in [1.82, 2.24) is 25.4 Å². The molecule has 0 aliphatic rings. The molecule has 7 heteroatoms. The summed E-state index contributed by atoms with van der Waals surface area (Å²) in [6, 6.07) is 10.1. The molecule has 2 heterocycles. The topological polar surface area (TPSA) is 93.8 Å². The standard InChI is InChI=1S/C17H17N5O2/c1-12(7-8-13-5-3-2-4-6-13)20-16(23)17-21-15(22-24-17)14-11-18-9-10-19-14/h2-6,9-12H,7-8H2,1H3,(H,20,23). The first-order chi connectivity index (χ1) is 11.7. The van der Waals surface area contributed by atoms with E-state index >= 15 is 0 Å². The molecule has 0 aliphatic heterocycles. The summed E-state index contributed by atoms with van der Waals surface area (Å²) in [7, 11) is 0. The number of aromatic nitrogens is 4. The van der Waals surface area contributed by atoms with Crippen molar-refractivity contribution >= 4 is 5.91 Å². The second kappa shape index (κ2) is 7.45. The van der Waals surface area contributed by atoms with E-state index in [1.54, 1.807) is 6.20 Å². The number of hydrogen-bond donors (Lipinski definition) is 1. The normalized spacial score (nSPS) is 11.9. The highest BCUT2D eigenvalue weighted by molar-refractivity contribution is 5.90. The Balaban J connectivity index is 1.56. The molecule has 1 amide bonds. The first-order valence-corrected chi connectivity index (χ1v) is 7.67. The first-order valence-electron chi connectivity index (χ1n) is 7.67. The van der Waals surface area contributed by atoms with E-state index in [1.807, 2.05) is 25.1 Å². The largest absolute Gasteiger partial charge is 0.345 e. The van der Waals surface area contributed by atoms with Gasteiger partial charge in [-0.1, -0.05) is 35.5 Å². The second-order valence-electron chi connectivity index (χ2n) is 5.41. The van der Waals surface area contributed by atoms with Crippen LogP contribution in [-0.4, -0.2) is 32.1 Å². The highest BCUT2D eigenvalue weighted by atomic mass is 16.5. The van der Waals surface area contributed by atoms with Gasteiger partial charge in [0.25, 0.3) is 0 Å². The lowest BCUT2D eigenvalue weighted by Gasteiger charge is -2.12. The van der Waals surface area contributed by atoms with E-state index in [9.17, 15) is 4.79 Å². The van der Waals surface area contributed by atoms with Gasteiger partial charge in [0.2, 0.25) is 5.82 Å². The first kappa shape index (κ1) is 15.8. The van der Waals surface area contributed by atoms with Gasteiger partial charge in [-0.2, -0.15) is 4.98 Å². The lowest BCUT2D eigenvalue weighted by molar-refractivity contribution is 0.0894. The molecule has 2 aromatic heterocycles. The number of nitrogens with one attached hydrogen (secondary N) is 1. The minimum atomic E-state index is -0.391. The number of benzene rings is 1. The summed E-state index contributed by atoms with van der Waals surface area (Å²) in [4.78, 5) is 24.2. The monoisotopic (exact) mass is 323 g/mol. The molecule has 0 fully saturated rings. The number of amides is 1. The van der Waals surface area contributed by atoms with Crippen LogP contribution in [-0.2, 0) is 6.42 Å². The summed E-state index contributed by atoms with van der Waals surface area (Å²) in [5, 5.41) is 6.62. The van der Waals surface area contributed by atoms with Gasteiger partial charge >= 0.3 is 11.8 Å². The van der Waals surface area contributed by atoms with E-state index in [-0.39, 0.29) is 17.8 Å². The Kier molecular flexibility index (Phi) is 4.90. The van der Waals surface area contributed by atoms with Crippen LogP contribution in [0.2, 0.25) is 0 Å². The van der Waals surface area contributed by atoms with Crippen molar-refractivity contribution in [2.45, 2.75) is 25.8 Å². The van der Waals surface area contributed by atoms with Gasteiger partial charge in [-0.15, -0.1) is 0 Å². The fourth-order valence-electron chi connectivity index (χ4n) is 2.22. The molecule has 7 nitrogen and oxygen atoms in total. The number of aryl methyl sites for hydroxylation is 1. The smallest absolute Gasteiger partial charge is 0.316 e. The van der Waals surface area contributed by atoms with Crippen molar-refractivity contribution in [2.75, 3.05) is 0 Å². The zero-order valence-electron chi connectivity index (χ0n) is 13.2. The number of carbonyl (C=O) groups is 1. The number of rotatable bonds is 6. The van der Waals surface area contributed by atoms with Crippen molar-refractivity contribution in [2.24, 2.45) is 0 Å². The molecular weight excluding hydrogens is 306 g/mol. The van der Waals surface area contributed by atoms with Crippen molar-refractivity contribution in [1.29, 1.82) is 0 Å². The Bertz CT molecular complexity index is 789. The third kappa shape index (κ3) is 4.01. The Morgan fingerprint density at radius 3 is 2.83 bits per heavy atom. The van der Waals surface area contributed by atoms with Crippen LogP contribution in [0.25, 0.3) is 11.5 Å². The van der Waals surface area contributed by atoms with Gasteiger partial charge in [-0.3, -0.25) is 9.78 Å². The minimum Gasteiger partial charge on any atom is -0.345 e. The van der Waals surface area contributed by atoms with Gasteiger partial charge in [-0.25, -0.2) is 4.98 Å². The quantitative estimate of drug-likeness (QED) is 0.748. The van der Waals surface area contributed by atoms with Gasteiger partial charge in [0.1, 0.15) is 5.69 Å². The van der Waals surface area contributed by atoms with Crippen LogP contribution in [0.15, 0.2) is 53.4 Å². The highest BCUT2D eigenvalue weighted by Gasteiger charge is 2.18. The third-order valence-corrected chi connectivity index (χ3v) is 3.50. The highest BCUT2D eigenvalue weighted by Crippen LogP contribution is 2.11. The van der Waals surface area contributed by atoms with Crippen LogP contribution in [0.1, 0.15) is 29.6 Å². The van der Waals surface area contributed by atoms with Crippen LogP contribution in [0.5, 0.6) is 0 Å². The lowest BCUT2D eigenvalue weighted by atomic mass is 10.1. The predicted molar refractivity (Wildman–Crippen MR) is 87.0 cm³/mol. The molecule has 0 bridgehead atoms. The van der Waals surface area contributed by atoms with Crippen molar-refractivity contribution in [3.63, 3.8) is 0 Å². The fourth-order valence-corrected chi connectivity index (χ4v) is 2.22. The summed E-state index contributed by atoms with van der Waals surface area (Å²) in [6.45, 7) is 1.95. The average molecular weight is 323 g/mol. The van der Waals surface area contributed by atoms with E-state index in [2.05, 4.69) is 37.6 Å².